The van der Waals surface area contributed by atoms with Gasteiger partial charge in [-0.1, -0.05) is 13.8 Å². The summed E-state index contributed by atoms with van der Waals surface area (Å²) in [6, 6.07) is 0.548. The van der Waals surface area contributed by atoms with Crippen LogP contribution in [0.1, 0.15) is 20.3 Å². The van der Waals surface area contributed by atoms with E-state index in [0.717, 1.165) is 19.0 Å². The highest BCUT2D eigenvalue weighted by Crippen LogP contribution is 2.12. The Hall–Kier alpha value is -0.120. The van der Waals surface area contributed by atoms with Crippen LogP contribution in [0.5, 0.6) is 0 Å². The second-order valence-corrected chi connectivity index (χ2v) is 4.69. The second-order valence-electron chi connectivity index (χ2n) is 4.69. The second kappa shape index (κ2) is 5.69. The number of rotatable bonds is 3. The highest BCUT2D eigenvalue weighted by Gasteiger charge is 2.23. The van der Waals surface area contributed by atoms with Crippen molar-refractivity contribution in [1.82, 2.24) is 9.80 Å². The van der Waals surface area contributed by atoms with Crippen LogP contribution in [0.4, 0.5) is 0 Å². The minimum Gasteiger partial charge on any atom is -0.329 e. The lowest BCUT2D eigenvalue weighted by Crippen LogP contribution is -2.44. The molecule has 0 aromatic heterocycles. The van der Waals surface area contributed by atoms with Gasteiger partial charge in [-0.2, -0.15) is 0 Å². The van der Waals surface area contributed by atoms with Gasteiger partial charge in [-0.05, 0) is 25.9 Å². The molecule has 2 N–H and O–H groups in total. The first-order valence-electron chi connectivity index (χ1n) is 5.80. The molecule has 0 aromatic carbocycles. The molecule has 1 heterocycles. The maximum atomic E-state index is 5.80. The Bertz CT molecular complexity index is 161. The van der Waals surface area contributed by atoms with Crippen LogP contribution in [-0.4, -0.2) is 55.6 Å². The first kappa shape index (κ1) is 12.0. The first-order chi connectivity index (χ1) is 6.67. The summed E-state index contributed by atoms with van der Waals surface area (Å²) in [4.78, 5) is 4.98. The molecule has 1 aliphatic heterocycles. The van der Waals surface area contributed by atoms with Crippen LogP contribution in [-0.2, 0) is 0 Å². The zero-order valence-corrected chi connectivity index (χ0v) is 9.87. The average Bonchev–Trinajstić information content (AvgIpc) is 2.25. The van der Waals surface area contributed by atoms with E-state index in [0.29, 0.717) is 6.04 Å². The van der Waals surface area contributed by atoms with Gasteiger partial charge < -0.3 is 15.5 Å². The Balaban J connectivity index is 2.55. The van der Waals surface area contributed by atoms with Gasteiger partial charge in [0.2, 0.25) is 0 Å². The van der Waals surface area contributed by atoms with Gasteiger partial charge in [0.1, 0.15) is 0 Å². The van der Waals surface area contributed by atoms with Gasteiger partial charge in [0.25, 0.3) is 0 Å². The molecule has 14 heavy (non-hydrogen) atoms. The third-order valence-electron chi connectivity index (χ3n) is 3.07. The number of hydrogen-bond acceptors (Lipinski definition) is 3. The third-order valence-corrected chi connectivity index (χ3v) is 3.07. The Labute approximate surface area is 88.2 Å². The largest absolute Gasteiger partial charge is 0.329 e. The van der Waals surface area contributed by atoms with E-state index in [4.69, 9.17) is 5.73 Å². The molecule has 1 fully saturated rings. The topological polar surface area (TPSA) is 32.5 Å². The molecule has 1 saturated heterocycles. The van der Waals surface area contributed by atoms with Gasteiger partial charge in [-0.3, -0.25) is 0 Å². The van der Waals surface area contributed by atoms with Crippen molar-refractivity contribution in [3.63, 3.8) is 0 Å². The van der Waals surface area contributed by atoms with Crippen molar-refractivity contribution in [2.45, 2.75) is 26.3 Å². The molecule has 0 radical (unpaired) electrons. The lowest BCUT2D eigenvalue weighted by atomic mass is 10.1. The van der Waals surface area contributed by atoms with Crippen LogP contribution in [0, 0.1) is 5.92 Å². The van der Waals surface area contributed by atoms with E-state index in [-0.39, 0.29) is 0 Å². The third kappa shape index (κ3) is 3.23. The molecule has 1 rings (SSSR count). The van der Waals surface area contributed by atoms with Crippen LogP contribution < -0.4 is 5.73 Å². The Kier molecular flexibility index (Phi) is 4.85. The van der Waals surface area contributed by atoms with Crippen LogP contribution in [0.3, 0.4) is 0 Å². The van der Waals surface area contributed by atoms with Gasteiger partial charge >= 0.3 is 0 Å². The van der Waals surface area contributed by atoms with Crippen molar-refractivity contribution in [3.8, 4) is 0 Å². The number of hydrogen-bond donors (Lipinski definition) is 1. The molecular weight excluding hydrogens is 174 g/mol. The van der Waals surface area contributed by atoms with Gasteiger partial charge in [0.15, 0.2) is 0 Å². The normalized spacial score (nSPS) is 31.7. The standard InChI is InChI=1S/C11H25N3/c1-4-5-14-8-10(2)7-13(3)11(6-12)9-14/h10-11H,4-9,12H2,1-3H3. The number of nitrogens with zero attached hydrogens (tertiary/aromatic N) is 2. The minimum absolute atomic E-state index is 0.548. The molecule has 84 valence electrons. The summed E-state index contributed by atoms with van der Waals surface area (Å²) in [6.45, 7) is 10.1. The van der Waals surface area contributed by atoms with Gasteiger partial charge in [0, 0.05) is 32.2 Å². The fourth-order valence-electron chi connectivity index (χ4n) is 2.40. The Morgan fingerprint density at radius 3 is 2.57 bits per heavy atom. The molecule has 1 aliphatic rings. The van der Waals surface area contributed by atoms with E-state index < -0.39 is 0 Å². The smallest absolute Gasteiger partial charge is 0.0342 e. The summed E-state index contributed by atoms with van der Waals surface area (Å²) in [5.74, 6) is 0.767. The lowest BCUT2D eigenvalue weighted by Gasteiger charge is -2.27. The fraction of sp³-hybridized carbons (Fsp3) is 1.00. The zero-order chi connectivity index (χ0) is 10.6. The lowest BCUT2D eigenvalue weighted by molar-refractivity contribution is 0.212. The van der Waals surface area contributed by atoms with E-state index in [1.54, 1.807) is 0 Å². The van der Waals surface area contributed by atoms with E-state index >= 15 is 0 Å². The molecule has 0 aliphatic carbocycles. The molecule has 2 atom stereocenters. The Morgan fingerprint density at radius 1 is 1.29 bits per heavy atom. The molecule has 0 spiro atoms. The maximum absolute atomic E-state index is 5.80. The molecule has 0 saturated carbocycles. The van der Waals surface area contributed by atoms with Crippen molar-refractivity contribution < 1.29 is 0 Å². The van der Waals surface area contributed by atoms with Gasteiger partial charge in [0.05, 0.1) is 0 Å². The summed E-state index contributed by atoms with van der Waals surface area (Å²) in [6.07, 6.45) is 1.24. The van der Waals surface area contributed by atoms with E-state index in [1.165, 1.54) is 26.1 Å². The molecule has 0 aromatic rings. The molecule has 2 unspecified atom stereocenters. The van der Waals surface area contributed by atoms with Gasteiger partial charge in [-0.15, -0.1) is 0 Å². The van der Waals surface area contributed by atoms with Crippen molar-refractivity contribution in [3.05, 3.63) is 0 Å². The highest BCUT2D eigenvalue weighted by molar-refractivity contribution is 4.81. The quantitative estimate of drug-likeness (QED) is 0.723. The predicted molar refractivity (Wildman–Crippen MR) is 61.4 cm³/mol. The van der Waals surface area contributed by atoms with Gasteiger partial charge in [-0.25, -0.2) is 0 Å². The molecule has 0 bridgehead atoms. The average molecular weight is 199 g/mol. The Morgan fingerprint density at radius 2 is 2.00 bits per heavy atom. The summed E-state index contributed by atoms with van der Waals surface area (Å²) in [5, 5.41) is 0. The van der Waals surface area contributed by atoms with E-state index in [2.05, 4.69) is 30.7 Å². The minimum atomic E-state index is 0.548. The number of likely N-dealkylation sites (N-methyl/N-ethyl adjacent to an activating group) is 1. The predicted octanol–water partition coefficient (Wildman–Crippen LogP) is 0.607. The SMILES string of the molecule is CCCN1CC(C)CN(C)C(CN)C1. The van der Waals surface area contributed by atoms with E-state index in [9.17, 15) is 0 Å². The van der Waals surface area contributed by atoms with Crippen molar-refractivity contribution >= 4 is 0 Å². The van der Waals surface area contributed by atoms with E-state index in [1.807, 2.05) is 0 Å². The summed E-state index contributed by atoms with van der Waals surface area (Å²) in [7, 11) is 2.20. The summed E-state index contributed by atoms with van der Waals surface area (Å²) in [5.41, 5.74) is 5.80. The summed E-state index contributed by atoms with van der Waals surface area (Å²) < 4.78 is 0. The molecule has 3 heteroatoms. The van der Waals surface area contributed by atoms with Crippen LogP contribution in [0.2, 0.25) is 0 Å². The number of nitrogens with two attached hydrogens (primary N) is 1. The monoisotopic (exact) mass is 199 g/mol. The highest BCUT2D eigenvalue weighted by atomic mass is 15.2. The zero-order valence-electron chi connectivity index (χ0n) is 9.87. The maximum Gasteiger partial charge on any atom is 0.0342 e. The van der Waals surface area contributed by atoms with Crippen LogP contribution in [0.25, 0.3) is 0 Å². The van der Waals surface area contributed by atoms with Crippen molar-refractivity contribution in [2.75, 3.05) is 39.8 Å². The fourth-order valence-corrected chi connectivity index (χ4v) is 2.40. The van der Waals surface area contributed by atoms with Crippen molar-refractivity contribution in [1.29, 1.82) is 0 Å². The van der Waals surface area contributed by atoms with Crippen LogP contribution >= 0.6 is 0 Å². The van der Waals surface area contributed by atoms with Crippen molar-refractivity contribution in [2.24, 2.45) is 11.7 Å². The molecular formula is C11H25N3. The molecule has 0 amide bonds. The first-order valence-corrected chi connectivity index (χ1v) is 5.80. The van der Waals surface area contributed by atoms with Crippen LogP contribution in [0.15, 0.2) is 0 Å². The summed E-state index contributed by atoms with van der Waals surface area (Å²) >= 11 is 0. The molecule has 3 nitrogen and oxygen atoms in total.